The standard InChI is InChI=1S/C12H10Cl2F2N4O/c1-5(2)21-12-19-10(14)18-11(20-12)17-9-7(13)3-6(15)4-8(9)16/h3-5H,1-2H3,(H,17,18,19,20). The van der Waals surface area contributed by atoms with Gasteiger partial charge in [-0.05, 0) is 31.5 Å². The number of ether oxygens (including phenoxy) is 1. The van der Waals surface area contributed by atoms with Crippen LogP contribution in [0.5, 0.6) is 6.01 Å². The fourth-order valence-electron chi connectivity index (χ4n) is 1.42. The summed E-state index contributed by atoms with van der Waals surface area (Å²) in [5.74, 6) is -1.75. The second kappa shape index (κ2) is 6.36. The highest BCUT2D eigenvalue weighted by Crippen LogP contribution is 2.29. The van der Waals surface area contributed by atoms with Crippen LogP contribution in [0.4, 0.5) is 20.4 Å². The molecule has 5 nitrogen and oxygen atoms in total. The molecule has 1 heterocycles. The van der Waals surface area contributed by atoms with E-state index in [0.29, 0.717) is 6.07 Å². The highest BCUT2D eigenvalue weighted by molar-refractivity contribution is 6.33. The van der Waals surface area contributed by atoms with Gasteiger partial charge in [-0.25, -0.2) is 8.78 Å². The van der Waals surface area contributed by atoms with Gasteiger partial charge in [0.25, 0.3) is 0 Å². The highest BCUT2D eigenvalue weighted by atomic mass is 35.5. The second-order valence-corrected chi connectivity index (χ2v) is 4.99. The van der Waals surface area contributed by atoms with Gasteiger partial charge in [-0.15, -0.1) is 0 Å². The third-order valence-electron chi connectivity index (χ3n) is 2.17. The lowest BCUT2D eigenvalue weighted by molar-refractivity contribution is 0.222. The van der Waals surface area contributed by atoms with Crippen LogP contribution < -0.4 is 10.1 Å². The quantitative estimate of drug-likeness (QED) is 0.916. The Morgan fingerprint density at radius 1 is 1.14 bits per heavy atom. The number of nitrogens with zero attached hydrogens (tertiary/aromatic N) is 3. The van der Waals surface area contributed by atoms with Crippen molar-refractivity contribution in [2.24, 2.45) is 0 Å². The molecule has 0 atom stereocenters. The predicted octanol–water partition coefficient (Wildman–Crippen LogP) is 3.99. The minimum Gasteiger partial charge on any atom is -0.461 e. The summed E-state index contributed by atoms with van der Waals surface area (Å²) in [6.45, 7) is 3.56. The van der Waals surface area contributed by atoms with Gasteiger partial charge in [-0.3, -0.25) is 0 Å². The number of nitrogens with one attached hydrogen (secondary N) is 1. The summed E-state index contributed by atoms with van der Waals surface area (Å²) >= 11 is 11.5. The molecule has 2 aromatic rings. The van der Waals surface area contributed by atoms with Crippen molar-refractivity contribution in [3.05, 3.63) is 34.1 Å². The fourth-order valence-corrected chi connectivity index (χ4v) is 1.82. The van der Waals surface area contributed by atoms with Crippen LogP contribution in [-0.2, 0) is 0 Å². The van der Waals surface area contributed by atoms with Gasteiger partial charge in [0.2, 0.25) is 11.2 Å². The first-order valence-electron chi connectivity index (χ1n) is 5.85. The fraction of sp³-hybridized carbons (Fsp3) is 0.250. The Morgan fingerprint density at radius 2 is 1.86 bits per heavy atom. The van der Waals surface area contributed by atoms with E-state index in [2.05, 4.69) is 20.3 Å². The third kappa shape index (κ3) is 4.12. The van der Waals surface area contributed by atoms with E-state index in [9.17, 15) is 8.78 Å². The Bertz CT molecular complexity index is 647. The van der Waals surface area contributed by atoms with Crippen molar-refractivity contribution in [3.8, 4) is 6.01 Å². The molecule has 1 aromatic carbocycles. The van der Waals surface area contributed by atoms with E-state index < -0.39 is 11.6 Å². The van der Waals surface area contributed by atoms with Gasteiger partial charge >= 0.3 is 6.01 Å². The van der Waals surface area contributed by atoms with E-state index in [4.69, 9.17) is 27.9 Å². The molecule has 0 aliphatic heterocycles. The molecule has 0 radical (unpaired) electrons. The summed E-state index contributed by atoms with van der Waals surface area (Å²) in [4.78, 5) is 11.5. The normalized spacial score (nSPS) is 10.8. The highest BCUT2D eigenvalue weighted by Gasteiger charge is 2.14. The molecule has 0 spiro atoms. The van der Waals surface area contributed by atoms with Crippen LogP contribution in [0, 0.1) is 11.6 Å². The molecule has 0 saturated carbocycles. The SMILES string of the molecule is CC(C)Oc1nc(Cl)nc(Nc2c(F)cc(F)cc2Cl)n1. The van der Waals surface area contributed by atoms with E-state index in [-0.39, 0.29) is 34.1 Å². The molecule has 1 aromatic heterocycles. The Labute approximate surface area is 129 Å². The first-order valence-corrected chi connectivity index (χ1v) is 6.60. The molecule has 0 fully saturated rings. The van der Waals surface area contributed by atoms with Crippen molar-refractivity contribution in [1.29, 1.82) is 0 Å². The van der Waals surface area contributed by atoms with Crippen LogP contribution >= 0.6 is 23.2 Å². The van der Waals surface area contributed by atoms with Gasteiger partial charge in [0.05, 0.1) is 16.8 Å². The van der Waals surface area contributed by atoms with Crippen molar-refractivity contribution >= 4 is 34.8 Å². The summed E-state index contributed by atoms with van der Waals surface area (Å²) in [6.07, 6.45) is -0.178. The zero-order valence-electron chi connectivity index (χ0n) is 11.0. The Morgan fingerprint density at radius 3 is 2.48 bits per heavy atom. The summed E-state index contributed by atoms with van der Waals surface area (Å²) in [5, 5.41) is 2.23. The third-order valence-corrected chi connectivity index (χ3v) is 2.64. The molecule has 1 N–H and O–H groups in total. The average molecular weight is 335 g/mol. The minimum absolute atomic E-state index is 0.0221. The smallest absolute Gasteiger partial charge is 0.322 e. The van der Waals surface area contributed by atoms with Crippen molar-refractivity contribution < 1.29 is 13.5 Å². The molecule has 9 heteroatoms. The topological polar surface area (TPSA) is 59.9 Å². The van der Waals surface area contributed by atoms with Gasteiger partial charge in [-0.2, -0.15) is 15.0 Å². The minimum atomic E-state index is -0.886. The number of benzene rings is 1. The summed E-state index contributed by atoms with van der Waals surface area (Å²) < 4.78 is 31.9. The van der Waals surface area contributed by atoms with Crippen LogP contribution in [0.15, 0.2) is 12.1 Å². The van der Waals surface area contributed by atoms with Gasteiger partial charge in [-0.1, -0.05) is 11.6 Å². The second-order valence-electron chi connectivity index (χ2n) is 4.25. The van der Waals surface area contributed by atoms with E-state index in [1.165, 1.54) is 0 Å². The number of hydrogen-bond acceptors (Lipinski definition) is 5. The molecule has 21 heavy (non-hydrogen) atoms. The monoisotopic (exact) mass is 334 g/mol. The first kappa shape index (κ1) is 15.7. The van der Waals surface area contributed by atoms with Crippen molar-refractivity contribution in [3.63, 3.8) is 0 Å². The van der Waals surface area contributed by atoms with Gasteiger partial charge < -0.3 is 10.1 Å². The Balaban J connectivity index is 2.33. The largest absolute Gasteiger partial charge is 0.461 e. The van der Waals surface area contributed by atoms with Crippen LogP contribution in [0.3, 0.4) is 0 Å². The zero-order valence-corrected chi connectivity index (χ0v) is 12.5. The molecule has 0 aliphatic carbocycles. The van der Waals surface area contributed by atoms with Gasteiger partial charge in [0.1, 0.15) is 5.82 Å². The number of hydrogen-bond donors (Lipinski definition) is 1. The van der Waals surface area contributed by atoms with E-state index in [1.807, 2.05) is 0 Å². The molecule has 2 rings (SSSR count). The molecule has 0 saturated heterocycles. The summed E-state index contributed by atoms with van der Waals surface area (Å²) in [6, 6.07) is 1.62. The van der Waals surface area contributed by atoms with Crippen LogP contribution in [0.1, 0.15) is 13.8 Å². The van der Waals surface area contributed by atoms with Crippen LogP contribution in [-0.4, -0.2) is 21.1 Å². The summed E-state index contributed by atoms with van der Waals surface area (Å²) in [7, 11) is 0. The number of rotatable bonds is 4. The molecule has 0 aliphatic rings. The van der Waals surface area contributed by atoms with Crippen molar-refractivity contribution in [2.45, 2.75) is 20.0 Å². The lowest BCUT2D eigenvalue weighted by atomic mass is 10.3. The van der Waals surface area contributed by atoms with E-state index >= 15 is 0 Å². The van der Waals surface area contributed by atoms with Gasteiger partial charge in [0, 0.05) is 6.07 Å². The Hall–Kier alpha value is -1.73. The maximum atomic E-state index is 13.7. The molecular weight excluding hydrogens is 325 g/mol. The van der Waals surface area contributed by atoms with E-state index in [0.717, 1.165) is 6.07 Å². The lowest BCUT2D eigenvalue weighted by Gasteiger charge is -2.11. The zero-order chi connectivity index (χ0) is 15.6. The average Bonchev–Trinajstić information content (AvgIpc) is 2.32. The molecule has 0 bridgehead atoms. The van der Waals surface area contributed by atoms with Crippen molar-refractivity contribution in [1.82, 2.24) is 15.0 Å². The van der Waals surface area contributed by atoms with Gasteiger partial charge in [0.15, 0.2) is 5.82 Å². The molecule has 0 amide bonds. The predicted molar refractivity (Wildman–Crippen MR) is 75.3 cm³/mol. The number of anilines is 2. The molecule has 0 unspecified atom stereocenters. The molecule has 112 valence electrons. The maximum Gasteiger partial charge on any atom is 0.322 e. The Kier molecular flexibility index (Phi) is 4.74. The molecular formula is C12H10Cl2F2N4O. The van der Waals surface area contributed by atoms with Crippen molar-refractivity contribution in [2.75, 3.05) is 5.32 Å². The van der Waals surface area contributed by atoms with E-state index in [1.54, 1.807) is 13.8 Å². The maximum absolute atomic E-state index is 13.7. The number of aromatic nitrogens is 3. The van der Waals surface area contributed by atoms with Crippen LogP contribution in [0.2, 0.25) is 10.3 Å². The number of halogens is 4. The first-order chi connectivity index (χ1) is 9.85. The lowest BCUT2D eigenvalue weighted by Crippen LogP contribution is -2.10. The summed E-state index contributed by atoms with van der Waals surface area (Å²) in [5.41, 5.74) is -0.171. The van der Waals surface area contributed by atoms with Crippen LogP contribution in [0.25, 0.3) is 0 Å².